The number of hydrogen-bond acceptors (Lipinski definition) is 5. The van der Waals surface area contributed by atoms with E-state index in [4.69, 9.17) is 5.73 Å². The lowest BCUT2D eigenvalue weighted by Gasteiger charge is -2.26. The number of nitrogens with one attached hydrogen (secondary N) is 1. The molecule has 0 unspecified atom stereocenters. The Kier molecular flexibility index (Phi) is 3.88. The van der Waals surface area contributed by atoms with E-state index in [1.807, 2.05) is 6.92 Å². The molecule has 0 bridgehead atoms. The maximum Gasteiger partial charge on any atom is 0.258 e. The third-order valence-electron chi connectivity index (χ3n) is 2.97. The lowest BCUT2D eigenvalue weighted by molar-refractivity contribution is 0.200. The van der Waals surface area contributed by atoms with Gasteiger partial charge < -0.3 is 5.73 Å². The zero-order valence-corrected chi connectivity index (χ0v) is 11.3. The van der Waals surface area contributed by atoms with Gasteiger partial charge in [0.05, 0.1) is 0 Å². The van der Waals surface area contributed by atoms with E-state index in [0.717, 1.165) is 32.4 Å². The summed E-state index contributed by atoms with van der Waals surface area (Å²) in [4.78, 5) is 2.61. The molecule has 1 aromatic heterocycles. The van der Waals surface area contributed by atoms with Gasteiger partial charge in [-0.1, -0.05) is 6.42 Å². The fourth-order valence-electron chi connectivity index (χ4n) is 1.99. The first kappa shape index (κ1) is 13.3. The Morgan fingerprint density at radius 2 is 2.06 bits per heavy atom. The van der Waals surface area contributed by atoms with E-state index >= 15 is 0 Å². The molecular formula is C10H19N5O2S. The fraction of sp³-hybridized carbons (Fsp3) is 0.700. The van der Waals surface area contributed by atoms with Crippen molar-refractivity contribution in [3.8, 4) is 0 Å². The number of nitrogens with zero attached hydrogens (tertiary/aromatic N) is 3. The molecule has 102 valence electrons. The van der Waals surface area contributed by atoms with Crippen molar-refractivity contribution in [3.63, 3.8) is 0 Å². The Morgan fingerprint density at radius 1 is 1.39 bits per heavy atom. The number of piperidine rings is 1. The number of nitrogens with two attached hydrogens (primary N) is 1. The predicted octanol–water partition coefficient (Wildman–Crippen LogP) is 0.164. The molecule has 8 heteroatoms. The molecule has 0 aliphatic carbocycles. The van der Waals surface area contributed by atoms with Gasteiger partial charge in [0, 0.05) is 25.8 Å². The Labute approximate surface area is 107 Å². The number of hydrogen-bond donors (Lipinski definition) is 2. The minimum Gasteiger partial charge on any atom is -0.381 e. The van der Waals surface area contributed by atoms with Gasteiger partial charge in [-0.2, -0.15) is 5.10 Å². The van der Waals surface area contributed by atoms with E-state index < -0.39 is 10.0 Å². The van der Waals surface area contributed by atoms with Crippen LogP contribution in [0.25, 0.3) is 0 Å². The molecule has 18 heavy (non-hydrogen) atoms. The zero-order chi connectivity index (χ0) is 13.2. The summed E-state index contributed by atoms with van der Waals surface area (Å²) in [7, 11) is -3.61. The standard InChI is InChI=1S/C10H19N5O2S/c1-2-14-8-9(10(11)12-14)18(16,17)13-15-6-4-3-5-7-15/h8,13H,2-7H2,1H3,(H2,11,12). The number of rotatable bonds is 4. The van der Waals surface area contributed by atoms with Gasteiger partial charge in [0.25, 0.3) is 10.0 Å². The summed E-state index contributed by atoms with van der Waals surface area (Å²) in [5.74, 6) is 0.0429. The lowest BCUT2D eigenvalue weighted by atomic mass is 10.2. The molecule has 0 radical (unpaired) electrons. The second kappa shape index (κ2) is 5.25. The summed E-state index contributed by atoms with van der Waals surface area (Å²) in [6.07, 6.45) is 4.62. The zero-order valence-electron chi connectivity index (χ0n) is 10.5. The van der Waals surface area contributed by atoms with Crippen LogP contribution in [0.3, 0.4) is 0 Å². The lowest BCUT2D eigenvalue weighted by Crippen LogP contribution is -2.44. The third-order valence-corrected chi connectivity index (χ3v) is 4.37. The van der Waals surface area contributed by atoms with Crippen LogP contribution in [0.1, 0.15) is 26.2 Å². The Bertz CT molecular complexity index is 504. The SMILES string of the molecule is CCn1cc(S(=O)(=O)NN2CCCCC2)c(N)n1. The quantitative estimate of drug-likeness (QED) is 0.815. The average molecular weight is 273 g/mol. The highest BCUT2D eigenvalue weighted by molar-refractivity contribution is 7.89. The van der Waals surface area contributed by atoms with E-state index in [0.29, 0.717) is 6.54 Å². The smallest absolute Gasteiger partial charge is 0.258 e. The number of sulfonamides is 1. The van der Waals surface area contributed by atoms with Crippen LogP contribution in [-0.2, 0) is 16.6 Å². The summed E-state index contributed by atoms with van der Waals surface area (Å²) in [5, 5.41) is 5.67. The van der Waals surface area contributed by atoms with Crippen molar-refractivity contribution in [1.29, 1.82) is 0 Å². The van der Waals surface area contributed by atoms with Gasteiger partial charge in [-0.3, -0.25) is 4.68 Å². The number of hydrazine groups is 1. The molecule has 0 spiro atoms. The first-order valence-corrected chi connectivity index (χ1v) is 7.61. The van der Waals surface area contributed by atoms with Crippen molar-refractivity contribution in [2.45, 2.75) is 37.6 Å². The summed E-state index contributed by atoms with van der Waals surface area (Å²) in [6, 6.07) is 0. The van der Waals surface area contributed by atoms with Crippen molar-refractivity contribution in [2.24, 2.45) is 0 Å². The van der Waals surface area contributed by atoms with Gasteiger partial charge in [0.2, 0.25) is 0 Å². The van der Waals surface area contributed by atoms with Crippen LogP contribution in [-0.4, -0.2) is 36.3 Å². The largest absolute Gasteiger partial charge is 0.381 e. The van der Waals surface area contributed by atoms with Crippen LogP contribution >= 0.6 is 0 Å². The van der Waals surface area contributed by atoms with Gasteiger partial charge in [-0.25, -0.2) is 13.4 Å². The van der Waals surface area contributed by atoms with Crippen LogP contribution in [0.5, 0.6) is 0 Å². The first-order chi connectivity index (χ1) is 8.53. The second-order valence-electron chi connectivity index (χ2n) is 4.38. The van der Waals surface area contributed by atoms with Crippen LogP contribution < -0.4 is 10.6 Å². The van der Waals surface area contributed by atoms with Crippen molar-refractivity contribution in [2.75, 3.05) is 18.8 Å². The van der Waals surface area contributed by atoms with Gasteiger partial charge in [0.15, 0.2) is 5.82 Å². The molecule has 2 heterocycles. The van der Waals surface area contributed by atoms with Gasteiger partial charge in [-0.05, 0) is 19.8 Å². The maximum atomic E-state index is 12.2. The molecule has 1 fully saturated rings. The number of nitrogen functional groups attached to an aromatic ring is 1. The van der Waals surface area contributed by atoms with E-state index in [2.05, 4.69) is 9.93 Å². The molecule has 0 amide bonds. The average Bonchev–Trinajstić information content (AvgIpc) is 2.72. The highest BCUT2D eigenvalue weighted by Crippen LogP contribution is 2.17. The topological polar surface area (TPSA) is 93.2 Å². The Balaban J connectivity index is 2.16. The van der Waals surface area contributed by atoms with Gasteiger partial charge in [-0.15, -0.1) is 4.83 Å². The van der Waals surface area contributed by atoms with E-state index in [9.17, 15) is 8.42 Å². The van der Waals surface area contributed by atoms with E-state index in [1.165, 1.54) is 10.9 Å². The summed E-state index contributed by atoms with van der Waals surface area (Å²) in [5.41, 5.74) is 5.64. The molecule has 3 N–H and O–H groups in total. The molecular weight excluding hydrogens is 254 g/mol. The molecule has 1 saturated heterocycles. The third kappa shape index (κ3) is 2.82. The van der Waals surface area contributed by atoms with Crippen molar-refractivity contribution in [1.82, 2.24) is 19.6 Å². The van der Waals surface area contributed by atoms with E-state index in [-0.39, 0.29) is 10.7 Å². The second-order valence-corrected chi connectivity index (χ2v) is 6.01. The Hall–Kier alpha value is -1.12. The van der Waals surface area contributed by atoms with Crippen molar-refractivity contribution < 1.29 is 8.42 Å². The molecule has 1 aliphatic heterocycles. The maximum absolute atomic E-state index is 12.2. The number of anilines is 1. The number of aromatic nitrogens is 2. The minimum atomic E-state index is -3.61. The van der Waals surface area contributed by atoms with Crippen LogP contribution in [0.15, 0.2) is 11.1 Å². The van der Waals surface area contributed by atoms with Gasteiger partial charge in [0.1, 0.15) is 4.90 Å². The molecule has 0 aromatic carbocycles. The minimum absolute atomic E-state index is 0.0429. The summed E-state index contributed by atoms with van der Waals surface area (Å²) >= 11 is 0. The first-order valence-electron chi connectivity index (χ1n) is 6.13. The monoisotopic (exact) mass is 273 g/mol. The van der Waals surface area contributed by atoms with Crippen molar-refractivity contribution >= 4 is 15.8 Å². The molecule has 2 rings (SSSR count). The van der Waals surface area contributed by atoms with Crippen LogP contribution in [0.4, 0.5) is 5.82 Å². The fourth-order valence-corrected chi connectivity index (χ4v) is 3.19. The van der Waals surface area contributed by atoms with Gasteiger partial charge >= 0.3 is 0 Å². The van der Waals surface area contributed by atoms with E-state index in [1.54, 1.807) is 5.01 Å². The molecule has 1 aromatic rings. The molecule has 1 aliphatic rings. The molecule has 7 nitrogen and oxygen atoms in total. The molecule has 0 atom stereocenters. The Morgan fingerprint density at radius 3 is 2.61 bits per heavy atom. The predicted molar refractivity (Wildman–Crippen MR) is 68.1 cm³/mol. The normalized spacial score (nSPS) is 18.1. The number of aryl methyl sites for hydroxylation is 1. The summed E-state index contributed by atoms with van der Waals surface area (Å²) < 4.78 is 25.8. The van der Waals surface area contributed by atoms with Crippen LogP contribution in [0.2, 0.25) is 0 Å². The highest BCUT2D eigenvalue weighted by Gasteiger charge is 2.24. The highest BCUT2D eigenvalue weighted by atomic mass is 32.2. The molecule has 0 saturated carbocycles. The van der Waals surface area contributed by atoms with Crippen molar-refractivity contribution in [3.05, 3.63) is 6.20 Å². The summed E-state index contributed by atoms with van der Waals surface area (Å²) in [6.45, 7) is 3.94. The van der Waals surface area contributed by atoms with Crippen LogP contribution in [0, 0.1) is 0 Å².